The van der Waals surface area contributed by atoms with Crippen LogP contribution in [0.3, 0.4) is 0 Å². The van der Waals surface area contributed by atoms with Gasteiger partial charge in [0.2, 0.25) is 0 Å². The Kier molecular flexibility index (Phi) is 5.61. The summed E-state index contributed by atoms with van der Waals surface area (Å²) in [7, 11) is 0. The Morgan fingerprint density at radius 2 is 1.90 bits per heavy atom. The minimum absolute atomic E-state index is 0.0151. The van der Waals surface area contributed by atoms with Crippen LogP contribution in [-0.4, -0.2) is 25.0 Å². The zero-order valence-corrected chi connectivity index (χ0v) is 13.9. The second kappa shape index (κ2) is 7.23. The first-order valence-corrected chi connectivity index (χ1v) is 8.29. The first-order chi connectivity index (χ1) is 9.58. The number of anilines is 1. The molecule has 110 valence electrons. The zero-order chi connectivity index (χ0) is 14.5. The third-order valence-electron chi connectivity index (χ3n) is 4.13. The lowest BCUT2D eigenvalue weighted by molar-refractivity contribution is -0.913. The largest absolute Gasteiger partial charge is 0.325 e. The molecular formula is C16H24BrN2O+. The van der Waals surface area contributed by atoms with Crippen LogP contribution < -0.4 is 10.2 Å². The van der Waals surface area contributed by atoms with Gasteiger partial charge in [-0.15, -0.1) is 0 Å². The Morgan fingerprint density at radius 3 is 2.50 bits per heavy atom. The van der Waals surface area contributed by atoms with Crippen molar-refractivity contribution in [2.24, 2.45) is 0 Å². The van der Waals surface area contributed by atoms with Crippen LogP contribution in [0.15, 0.2) is 22.7 Å². The van der Waals surface area contributed by atoms with E-state index in [4.69, 9.17) is 0 Å². The van der Waals surface area contributed by atoms with Crippen molar-refractivity contribution in [1.82, 2.24) is 0 Å². The van der Waals surface area contributed by atoms with Crippen molar-refractivity contribution in [1.29, 1.82) is 0 Å². The molecule has 0 aliphatic carbocycles. The van der Waals surface area contributed by atoms with Crippen LogP contribution in [-0.2, 0) is 4.79 Å². The number of likely N-dealkylation sites (tertiary alicyclic amines) is 1. The van der Waals surface area contributed by atoms with Crippen LogP contribution >= 0.6 is 15.9 Å². The molecule has 1 aromatic rings. The molecule has 0 aromatic heterocycles. The number of hydrogen-bond donors (Lipinski definition) is 2. The summed E-state index contributed by atoms with van der Waals surface area (Å²) in [4.78, 5) is 13.8. The molecule has 0 saturated carbocycles. The van der Waals surface area contributed by atoms with E-state index in [2.05, 4.69) is 21.2 Å². The van der Waals surface area contributed by atoms with Gasteiger partial charge in [0.1, 0.15) is 0 Å². The van der Waals surface area contributed by atoms with Crippen molar-refractivity contribution in [2.45, 2.75) is 45.6 Å². The first kappa shape index (κ1) is 15.5. The standard InChI is InChI=1S/C16H23BrN2O/c1-12-7-8-15(14(17)11-12)18-16(20)13(2)19-9-5-3-4-6-10-19/h7-8,11,13H,3-6,9-10H2,1-2H3,(H,18,20)/p+1/t13-/m1/s1. The molecule has 0 bridgehead atoms. The molecule has 1 amide bonds. The molecule has 4 heteroatoms. The molecule has 1 aliphatic heterocycles. The van der Waals surface area contributed by atoms with Crippen LogP contribution in [0.25, 0.3) is 0 Å². The third kappa shape index (κ3) is 4.06. The van der Waals surface area contributed by atoms with Crippen LogP contribution in [0.4, 0.5) is 5.69 Å². The fourth-order valence-corrected chi connectivity index (χ4v) is 3.36. The fraction of sp³-hybridized carbons (Fsp3) is 0.562. The quantitative estimate of drug-likeness (QED) is 0.871. The van der Waals surface area contributed by atoms with Crippen molar-refractivity contribution in [3.05, 3.63) is 28.2 Å². The molecule has 20 heavy (non-hydrogen) atoms. The van der Waals surface area contributed by atoms with Crippen molar-refractivity contribution in [3.63, 3.8) is 0 Å². The van der Waals surface area contributed by atoms with Gasteiger partial charge in [-0.3, -0.25) is 4.79 Å². The lowest BCUT2D eigenvalue weighted by Gasteiger charge is -2.24. The molecule has 1 aromatic carbocycles. The van der Waals surface area contributed by atoms with Gasteiger partial charge in [-0.2, -0.15) is 0 Å². The molecular weight excluding hydrogens is 316 g/mol. The van der Waals surface area contributed by atoms with E-state index in [0.29, 0.717) is 0 Å². The number of aryl methyl sites for hydroxylation is 1. The summed E-state index contributed by atoms with van der Waals surface area (Å²) in [6, 6.07) is 6.02. The zero-order valence-electron chi connectivity index (χ0n) is 12.3. The van der Waals surface area contributed by atoms with Gasteiger partial charge < -0.3 is 10.2 Å². The van der Waals surface area contributed by atoms with Gasteiger partial charge in [0.15, 0.2) is 6.04 Å². The van der Waals surface area contributed by atoms with Crippen LogP contribution in [0.5, 0.6) is 0 Å². The van der Waals surface area contributed by atoms with E-state index in [9.17, 15) is 4.79 Å². The summed E-state index contributed by atoms with van der Waals surface area (Å²) >= 11 is 3.51. The molecule has 1 aliphatic rings. The highest BCUT2D eigenvalue weighted by Gasteiger charge is 2.26. The van der Waals surface area contributed by atoms with Crippen molar-refractivity contribution in [2.75, 3.05) is 18.4 Å². The number of quaternary nitrogens is 1. The highest BCUT2D eigenvalue weighted by atomic mass is 79.9. The molecule has 1 fully saturated rings. The smallest absolute Gasteiger partial charge is 0.282 e. The number of rotatable bonds is 3. The van der Waals surface area contributed by atoms with Crippen LogP contribution in [0.1, 0.15) is 38.2 Å². The number of carbonyl (C=O) groups is 1. The van der Waals surface area contributed by atoms with Crippen molar-refractivity contribution < 1.29 is 9.69 Å². The Bertz CT molecular complexity index is 468. The SMILES string of the molecule is Cc1ccc(NC(=O)[C@@H](C)[NH+]2CCCCCC2)c(Br)c1. The van der Waals surface area contributed by atoms with E-state index in [-0.39, 0.29) is 11.9 Å². The van der Waals surface area contributed by atoms with E-state index in [1.165, 1.54) is 36.1 Å². The Labute approximate surface area is 129 Å². The van der Waals surface area contributed by atoms with Gasteiger partial charge in [-0.05, 0) is 73.2 Å². The molecule has 0 spiro atoms. The number of amides is 1. The molecule has 1 saturated heterocycles. The second-order valence-corrected chi connectivity index (χ2v) is 6.62. The maximum atomic E-state index is 12.4. The molecule has 3 nitrogen and oxygen atoms in total. The Hall–Kier alpha value is -0.870. The lowest BCUT2D eigenvalue weighted by atomic mass is 10.2. The summed E-state index contributed by atoms with van der Waals surface area (Å²) in [6.07, 6.45) is 5.09. The van der Waals surface area contributed by atoms with Crippen LogP contribution in [0, 0.1) is 6.92 Å². The monoisotopic (exact) mass is 339 g/mol. The van der Waals surface area contributed by atoms with Gasteiger partial charge >= 0.3 is 0 Å². The summed E-state index contributed by atoms with van der Waals surface area (Å²) < 4.78 is 0.948. The van der Waals surface area contributed by atoms with Gasteiger partial charge in [0.25, 0.3) is 5.91 Å². The number of hydrogen-bond acceptors (Lipinski definition) is 1. The summed E-state index contributed by atoms with van der Waals surface area (Å²) in [5.74, 6) is 0.117. The van der Waals surface area contributed by atoms with E-state index in [1.807, 2.05) is 32.0 Å². The number of nitrogens with one attached hydrogen (secondary N) is 2. The first-order valence-electron chi connectivity index (χ1n) is 7.49. The minimum Gasteiger partial charge on any atom is -0.325 e. The maximum absolute atomic E-state index is 12.4. The van der Waals surface area contributed by atoms with Crippen molar-refractivity contribution >= 4 is 27.5 Å². The van der Waals surface area contributed by atoms with E-state index in [1.54, 1.807) is 0 Å². The summed E-state index contributed by atoms with van der Waals surface area (Å²) in [5, 5.41) is 3.05. The number of halogens is 1. The van der Waals surface area contributed by atoms with E-state index >= 15 is 0 Å². The highest BCUT2D eigenvalue weighted by molar-refractivity contribution is 9.10. The average molecular weight is 340 g/mol. The number of carbonyl (C=O) groups excluding carboxylic acids is 1. The van der Waals surface area contributed by atoms with Gasteiger partial charge in [-0.25, -0.2) is 0 Å². The molecule has 1 atom stereocenters. The normalized spacial score (nSPS) is 18.4. The molecule has 1 heterocycles. The molecule has 0 unspecified atom stereocenters. The average Bonchev–Trinajstić information content (AvgIpc) is 2.70. The summed E-state index contributed by atoms with van der Waals surface area (Å²) in [6.45, 7) is 6.31. The van der Waals surface area contributed by atoms with E-state index in [0.717, 1.165) is 23.2 Å². The van der Waals surface area contributed by atoms with Gasteiger partial charge in [-0.1, -0.05) is 6.07 Å². The second-order valence-electron chi connectivity index (χ2n) is 5.77. The lowest BCUT2D eigenvalue weighted by Crippen LogP contribution is -3.16. The predicted octanol–water partition coefficient (Wildman–Crippen LogP) is 2.54. The van der Waals surface area contributed by atoms with Crippen molar-refractivity contribution in [3.8, 4) is 0 Å². The topological polar surface area (TPSA) is 33.5 Å². The number of benzene rings is 1. The maximum Gasteiger partial charge on any atom is 0.282 e. The minimum atomic E-state index is 0.0151. The highest BCUT2D eigenvalue weighted by Crippen LogP contribution is 2.23. The van der Waals surface area contributed by atoms with Gasteiger partial charge in [0, 0.05) is 4.47 Å². The molecule has 2 rings (SSSR count). The molecule has 2 N–H and O–H groups in total. The molecule has 0 radical (unpaired) electrons. The summed E-state index contributed by atoms with van der Waals surface area (Å²) in [5.41, 5.74) is 2.04. The fourth-order valence-electron chi connectivity index (χ4n) is 2.76. The Balaban J connectivity index is 1.99. The van der Waals surface area contributed by atoms with Gasteiger partial charge in [0.05, 0.1) is 18.8 Å². The third-order valence-corrected chi connectivity index (χ3v) is 4.79. The van der Waals surface area contributed by atoms with E-state index < -0.39 is 0 Å². The predicted molar refractivity (Wildman–Crippen MR) is 86.1 cm³/mol. The Morgan fingerprint density at radius 1 is 1.25 bits per heavy atom. The van der Waals surface area contributed by atoms with Crippen LogP contribution in [0.2, 0.25) is 0 Å².